The van der Waals surface area contributed by atoms with Crippen molar-refractivity contribution < 1.29 is 11.9 Å². The van der Waals surface area contributed by atoms with E-state index in [2.05, 4.69) is 25.7 Å². The highest BCUT2D eigenvalue weighted by molar-refractivity contribution is 9.10. The van der Waals surface area contributed by atoms with Crippen molar-refractivity contribution in [1.29, 1.82) is 0 Å². The molecular formula is C6H5BrFNO. The SMILES string of the molecule is [2H]C([2H])(F)Oc1ccc(Br)cn1. The van der Waals surface area contributed by atoms with Gasteiger partial charge in [0.15, 0.2) is 0 Å². The van der Waals surface area contributed by atoms with Crippen LogP contribution < -0.4 is 4.74 Å². The lowest BCUT2D eigenvalue weighted by Crippen LogP contribution is -1.91. The molecule has 0 bridgehead atoms. The Kier molecular flexibility index (Phi) is 1.78. The molecule has 10 heavy (non-hydrogen) atoms. The standard InChI is InChI=1S/C6H5BrFNO/c7-5-1-2-6(9-3-5)10-4-8/h1-3H,4H2/i4D2. The van der Waals surface area contributed by atoms with Crippen molar-refractivity contribution in [2.45, 2.75) is 0 Å². The zero-order valence-electron chi connectivity index (χ0n) is 6.84. The number of hydrogen-bond acceptors (Lipinski definition) is 2. The molecule has 1 aromatic rings. The van der Waals surface area contributed by atoms with Crippen LogP contribution in [0.5, 0.6) is 5.88 Å². The van der Waals surface area contributed by atoms with Crippen molar-refractivity contribution in [3.8, 4) is 5.88 Å². The largest absolute Gasteiger partial charge is 0.446 e. The Morgan fingerprint density at radius 2 is 2.60 bits per heavy atom. The molecule has 0 unspecified atom stereocenters. The third-order valence-electron chi connectivity index (χ3n) is 0.843. The van der Waals surface area contributed by atoms with Gasteiger partial charge in [0.05, 0.1) is 0 Å². The second-order valence-corrected chi connectivity index (χ2v) is 2.41. The summed E-state index contributed by atoms with van der Waals surface area (Å²) < 4.78 is 30.0. The van der Waals surface area contributed by atoms with Crippen LogP contribution in [0.4, 0.5) is 4.39 Å². The van der Waals surface area contributed by atoms with Gasteiger partial charge in [-0.2, -0.15) is 0 Å². The van der Waals surface area contributed by atoms with Gasteiger partial charge in [-0.1, -0.05) is 0 Å². The van der Waals surface area contributed by atoms with Gasteiger partial charge >= 0.3 is 0 Å². The van der Waals surface area contributed by atoms with Gasteiger partial charge in [-0.05, 0) is 22.0 Å². The number of alkyl halides is 1. The van der Waals surface area contributed by atoms with Crippen molar-refractivity contribution in [3.05, 3.63) is 22.8 Å². The monoisotopic (exact) mass is 207 g/mol. The van der Waals surface area contributed by atoms with Crippen LogP contribution in [-0.4, -0.2) is 11.8 Å². The fraction of sp³-hybridized carbons (Fsp3) is 0.167. The molecule has 0 aliphatic carbocycles. The van der Waals surface area contributed by atoms with Crippen LogP contribution in [0.25, 0.3) is 0 Å². The predicted molar refractivity (Wildman–Crippen MR) is 38.5 cm³/mol. The van der Waals surface area contributed by atoms with E-state index in [4.69, 9.17) is 2.74 Å². The molecule has 1 aromatic heterocycles. The quantitative estimate of drug-likeness (QED) is 0.742. The molecule has 0 N–H and O–H groups in total. The third kappa shape index (κ3) is 1.95. The van der Waals surface area contributed by atoms with E-state index in [9.17, 15) is 4.39 Å². The van der Waals surface area contributed by atoms with Crippen LogP contribution in [0.15, 0.2) is 22.8 Å². The van der Waals surface area contributed by atoms with Gasteiger partial charge in [0, 0.05) is 16.7 Å². The van der Waals surface area contributed by atoms with Gasteiger partial charge < -0.3 is 4.74 Å². The Morgan fingerprint density at radius 1 is 1.80 bits per heavy atom. The molecule has 0 amide bonds. The average molecular weight is 208 g/mol. The minimum atomic E-state index is -3.18. The lowest BCUT2D eigenvalue weighted by atomic mass is 10.5. The van der Waals surface area contributed by atoms with E-state index < -0.39 is 6.81 Å². The number of halogens is 2. The summed E-state index contributed by atoms with van der Waals surface area (Å²) in [5, 5.41) is 0. The van der Waals surface area contributed by atoms with Crippen LogP contribution in [-0.2, 0) is 0 Å². The maximum atomic E-state index is 12.2. The second-order valence-electron chi connectivity index (χ2n) is 1.49. The molecule has 0 aromatic carbocycles. The van der Waals surface area contributed by atoms with E-state index in [0.717, 1.165) is 0 Å². The van der Waals surface area contributed by atoms with Gasteiger partial charge in [-0.25, -0.2) is 9.37 Å². The molecule has 0 spiro atoms. The summed E-state index contributed by atoms with van der Waals surface area (Å²) in [7, 11) is 0. The van der Waals surface area contributed by atoms with Crippen LogP contribution in [0.3, 0.4) is 0 Å². The summed E-state index contributed by atoms with van der Waals surface area (Å²) in [6, 6.07) is 2.94. The summed E-state index contributed by atoms with van der Waals surface area (Å²) in [6.45, 7) is -3.18. The van der Waals surface area contributed by atoms with Crippen molar-refractivity contribution in [3.63, 3.8) is 0 Å². The van der Waals surface area contributed by atoms with Crippen LogP contribution >= 0.6 is 15.9 Å². The van der Waals surface area contributed by atoms with E-state index in [1.54, 1.807) is 6.07 Å². The van der Waals surface area contributed by atoms with E-state index in [0.29, 0.717) is 4.47 Å². The van der Waals surface area contributed by atoms with Gasteiger partial charge in [-0.15, -0.1) is 0 Å². The average Bonchev–Trinajstić information content (AvgIpc) is 1.91. The number of hydrogen-bond donors (Lipinski definition) is 0. The number of ether oxygens (including phenoxy) is 1. The van der Waals surface area contributed by atoms with Gasteiger partial charge in [0.25, 0.3) is 0 Å². The highest BCUT2D eigenvalue weighted by Gasteiger charge is 1.91. The van der Waals surface area contributed by atoms with Crippen LogP contribution in [0.1, 0.15) is 2.74 Å². The zero-order valence-corrected chi connectivity index (χ0v) is 6.43. The maximum absolute atomic E-state index is 12.2. The predicted octanol–water partition coefficient (Wildman–Crippen LogP) is 2.15. The molecule has 2 nitrogen and oxygen atoms in total. The van der Waals surface area contributed by atoms with Crippen molar-refractivity contribution in [2.24, 2.45) is 0 Å². The summed E-state index contributed by atoms with van der Waals surface area (Å²) in [5.74, 6) is -0.0919. The lowest BCUT2D eigenvalue weighted by Gasteiger charge is -1.97. The fourth-order valence-corrected chi connectivity index (χ4v) is 0.697. The minimum absolute atomic E-state index is 0.0919. The maximum Gasteiger partial charge on any atom is 0.230 e. The number of rotatable bonds is 2. The molecule has 0 aliphatic rings. The molecule has 0 saturated carbocycles. The first-order chi connectivity index (χ1) is 5.47. The summed E-state index contributed by atoms with van der Waals surface area (Å²) in [5.41, 5.74) is 0. The van der Waals surface area contributed by atoms with E-state index in [1.165, 1.54) is 12.3 Å². The lowest BCUT2D eigenvalue weighted by molar-refractivity contribution is 0.184. The second kappa shape index (κ2) is 3.51. The Hall–Kier alpha value is -0.640. The topological polar surface area (TPSA) is 22.1 Å². The smallest absolute Gasteiger partial charge is 0.230 e. The van der Waals surface area contributed by atoms with Gasteiger partial charge in [0.1, 0.15) is 2.74 Å². The first-order valence-electron chi connectivity index (χ1n) is 3.47. The highest BCUT2D eigenvalue weighted by atomic mass is 79.9. The molecule has 1 heterocycles. The van der Waals surface area contributed by atoms with Crippen LogP contribution in [0, 0.1) is 0 Å². The number of nitrogens with zero attached hydrogens (tertiary/aromatic N) is 1. The molecule has 4 heteroatoms. The first kappa shape index (κ1) is 5.07. The Morgan fingerprint density at radius 3 is 3.10 bits per heavy atom. The zero-order chi connectivity index (χ0) is 9.19. The summed E-state index contributed by atoms with van der Waals surface area (Å²) in [4.78, 5) is 3.61. The minimum Gasteiger partial charge on any atom is -0.446 e. The third-order valence-corrected chi connectivity index (χ3v) is 1.31. The Bertz CT molecular complexity index is 261. The molecule has 0 saturated heterocycles. The van der Waals surface area contributed by atoms with Gasteiger partial charge in [0.2, 0.25) is 12.7 Å². The normalized spacial score (nSPS) is 13.8. The molecular weight excluding hydrogens is 201 g/mol. The fourth-order valence-electron chi connectivity index (χ4n) is 0.462. The molecule has 0 radical (unpaired) electrons. The van der Waals surface area contributed by atoms with E-state index in [-0.39, 0.29) is 5.88 Å². The summed E-state index contributed by atoms with van der Waals surface area (Å²) >= 11 is 3.12. The highest BCUT2D eigenvalue weighted by Crippen LogP contribution is 2.11. The molecule has 1 rings (SSSR count). The first-order valence-corrected chi connectivity index (χ1v) is 3.26. The number of pyridine rings is 1. The van der Waals surface area contributed by atoms with Gasteiger partial charge in [-0.3, -0.25) is 0 Å². The Labute approximate surface area is 69.0 Å². The Balaban J connectivity index is 2.71. The molecule has 0 fully saturated rings. The summed E-state index contributed by atoms with van der Waals surface area (Å²) in [6.07, 6.45) is 1.39. The number of aromatic nitrogens is 1. The molecule has 0 aliphatic heterocycles. The van der Waals surface area contributed by atoms with Crippen molar-refractivity contribution in [1.82, 2.24) is 4.98 Å². The van der Waals surface area contributed by atoms with E-state index in [1.807, 2.05) is 0 Å². The van der Waals surface area contributed by atoms with E-state index >= 15 is 0 Å². The molecule has 54 valence electrons. The van der Waals surface area contributed by atoms with Crippen LogP contribution in [0.2, 0.25) is 0 Å². The van der Waals surface area contributed by atoms with Crippen molar-refractivity contribution in [2.75, 3.05) is 6.81 Å². The molecule has 0 atom stereocenters. The van der Waals surface area contributed by atoms with Crippen molar-refractivity contribution >= 4 is 15.9 Å².